The maximum Gasteiger partial charge on any atom is 0.435 e. The van der Waals surface area contributed by atoms with E-state index < -0.39 is 55.4 Å². The molecule has 226 valence electrons. The highest BCUT2D eigenvalue weighted by Gasteiger charge is 2.73. The molecule has 42 heavy (non-hydrogen) atoms. The zero-order valence-corrected chi connectivity index (χ0v) is 22.7. The molecule has 4 rings (SSSR count). The first-order valence-electron chi connectivity index (χ1n) is 12.5. The van der Waals surface area contributed by atoms with Gasteiger partial charge in [-0.25, -0.2) is 17.2 Å². The summed E-state index contributed by atoms with van der Waals surface area (Å²) in [5, 5.41) is 2.84. The van der Waals surface area contributed by atoms with Gasteiger partial charge in [0.25, 0.3) is 5.91 Å². The lowest BCUT2D eigenvalue weighted by molar-refractivity contribution is -0.348. The third-order valence-electron chi connectivity index (χ3n) is 7.73. The summed E-state index contributed by atoms with van der Waals surface area (Å²) in [6.07, 6.45) is -10.3. The first-order valence-corrected chi connectivity index (χ1v) is 14.0. The number of halogens is 8. The Morgan fingerprint density at radius 3 is 1.86 bits per heavy atom. The van der Waals surface area contributed by atoms with E-state index in [1.54, 1.807) is 13.0 Å². The van der Waals surface area contributed by atoms with Gasteiger partial charge in [0.15, 0.2) is 9.84 Å². The molecule has 0 unspecified atom stereocenters. The number of carbonyl (C=O) groups excluding carboxylic acids is 1. The van der Waals surface area contributed by atoms with Crippen molar-refractivity contribution in [2.24, 2.45) is 0 Å². The minimum absolute atomic E-state index is 0.0271. The Bertz CT molecular complexity index is 1520. The van der Waals surface area contributed by atoms with Gasteiger partial charge in [-0.2, -0.15) is 26.3 Å². The maximum atomic E-state index is 14.7. The Hall–Kier alpha value is -3.55. The molecule has 0 bridgehead atoms. The molecule has 0 atom stereocenters. The van der Waals surface area contributed by atoms with Crippen molar-refractivity contribution in [2.45, 2.75) is 65.8 Å². The van der Waals surface area contributed by atoms with E-state index in [-0.39, 0.29) is 53.8 Å². The molecule has 14 heteroatoms. The normalized spacial score (nSPS) is 22.0. The van der Waals surface area contributed by atoms with E-state index in [1.807, 2.05) is 0 Å². The van der Waals surface area contributed by atoms with Crippen molar-refractivity contribution in [3.63, 3.8) is 0 Å². The summed E-state index contributed by atoms with van der Waals surface area (Å²) in [4.78, 5) is 16.3. The van der Waals surface area contributed by atoms with Crippen LogP contribution in [0.1, 0.15) is 54.1 Å². The van der Waals surface area contributed by atoms with Gasteiger partial charge in [-0.1, -0.05) is 24.3 Å². The van der Waals surface area contributed by atoms with Crippen molar-refractivity contribution in [3.8, 4) is 0 Å². The fraction of sp³-hybridized carbons (Fsp3) is 0.357. The number of nitrogens with zero attached hydrogens (tertiary/aromatic N) is 1. The van der Waals surface area contributed by atoms with Crippen molar-refractivity contribution in [2.75, 3.05) is 0 Å². The lowest BCUT2D eigenvalue weighted by Gasteiger charge is -2.45. The quantitative estimate of drug-likeness (QED) is 0.239. The molecule has 0 spiro atoms. The second kappa shape index (κ2) is 10.6. The molecule has 1 heterocycles. The van der Waals surface area contributed by atoms with Crippen molar-refractivity contribution in [3.05, 3.63) is 95.6 Å². The zero-order chi connectivity index (χ0) is 31.2. The summed E-state index contributed by atoms with van der Waals surface area (Å²) < 4.78 is 134. The largest absolute Gasteiger partial charge is 0.435 e. The van der Waals surface area contributed by atoms with Crippen LogP contribution in [0.4, 0.5) is 35.1 Å². The number of sulfone groups is 1. The predicted molar refractivity (Wildman–Crippen MR) is 135 cm³/mol. The Labute approximate surface area is 235 Å². The molecule has 0 aliphatic heterocycles. The van der Waals surface area contributed by atoms with Crippen LogP contribution in [-0.2, 0) is 20.3 Å². The second-order valence-electron chi connectivity index (χ2n) is 10.4. The van der Waals surface area contributed by atoms with Crippen LogP contribution < -0.4 is 5.32 Å². The Balaban J connectivity index is 1.76. The van der Waals surface area contributed by atoms with Gasteiger partial charge in [-0.3, -0.25) is 9.78 Å². The Morgan fingerprint density at radius 2 is 1.38 bits per heavy atom. The monoisotopic (exact) mass is 620 g/mol. The highest BCUT2D eigenvalue weighted by atomic mass is 32.2. The molecule has 1 fully saturated rings. The summed E-state index contributed by atoms with van der Waals surface area (Å²) in [5.41, 5.74) is -8.33. The lowest BCUT2D eigenvalue weighted by atomic mass is 9.74. The Morgan fingerprint density at radius 1 is 0.833 bits per heavy atom. The van der Waals surface area contributed by atoms with Crippen LogP contribution in [0.25, 0.3) is 0 Å². The number of carbonyl (C=O) groups is 1. The zero-order valence-electron chi connectivity index (χ0n) is 21.9. The summed E-state index contributed by atoms with van der Waals surface area (Å²) >= 11 is 0. The number of amides is 1. The molecule has 1 aliphatic carbocycles. The highest BCUT2D eigenvalue weighted by Crippen LogP contribution is 2.54. The summed E-state index contributed by atoms with van der Waals surface area (Å²) in [7, 11) is -4.46. The molecule has 5 nitrogen and oxygen atoms in total. The number of benzene rings is 2. The second-order valence-corrected chi connectivity index (χ2v) is 12.7. The third-order valence-corrected chi connectivity index (χ3v) is 10.3. The molecule has 1 N–H and O–H groups in total. The summed E-state index contributed by atoms with van der Waals surface area (Å²) in [5.74, 6) is -1.22. The van der Waals surface area contributed by atoms with Crippen LogP contribution in [0.3, 0.4) is 0 Å². The topological polar surface area (TPSA) is 76.1 Å². The molecule has 1 saturated carbocycles. The van der Waals surface area contributed by atoms with Crippen LogP contribution >= 0.6 is 0 Å². The average molecular weight is 621 g/mol. The number of aromatic nitrogens is 1. The molecule has 3 aromatic rings. The van der Waals surface area contributed by atoms with E-state index in [9.17, 15) is 48.3 Å². The van der Waals surface area contributed by atoms with Crippen LogP contribution in [0.2, 0.25) is 0 Å². The number of pyridine rings is 1. The smallest absolute Gasteiger partial charge is 0.347 e. The summed E-state index contributed by atoms with van der Waals surface area (Å²) in [6, 6.07) is 8.88. The average Bonchev–Trinajstić information content (AvgIpc) is 2.92. The molecule has 1 aliphatic rings. The first kappa shape index (κ1) is 31.4. The van der Waals surface area contributed by atoms with Crippen LogP contribution in [-0.4, -0.2) is 37.2 Å². The molecule has 2 aromatic carbocycles. The van der Waals surface area contributed by atoms with Crippen molar-refractivity contribution in [1.82, 2.24) is 10.3 Å². The highest BCUT2D eigenvalue weighted by molar-refractivity contribution is 7.92. The number of nitrogens with one attached hydrogen (secondary N) is 1. The fourth-order valence-electron chi connectivity index (χ4n) is 5.22. The molecule has 0 saturated heterocycles. The van der Waals surface area contributed by atoms with Crippen LogP contribution in [0.15, 0.2) is 78.0 Å². The molecular weight excluding hydrogens is 596 g/mol. The Kier molecular flexibility index (Phi) is 7.94. The predicted octanol–water partition coefficient (Wildman–Crippen LogP) is 6.94. The lowest BCUT2D eigenvalue weighted by Crippen LogP contribution is -2.53. The van der Waals surface area contributed by atoms with Crippen molar-refractivity contribution in [1.29, 1.82) is 0 Å². The molecule has 0 radical (unpaired) electrons. The van der Waals surface area contributed by atoms with Crippen molar-refractivity contribution < 1.29 is 48.3 Å². The van der Waals surface area contributed by atoms with E-state index in [0.29, 0.717) is 0 Å². The number of rotatable bonds is 6. The number of hydrogen-bond donors (Lipinski definition) is 1. The molecule has 1 aromatic heterocycles. The van der Waals surface area contributed by atoms with E-state index in [4.69, 9.17) is 0 Å². The minimum atomic E-state index is -6.34. The molecule has 1 amide bonds. The van der Waals surface area contributed by atoms with Crippen LogP contribution in [0.5, 0.6) is 0 Å². The van der Waals surface area contributed by atoms with Gasteiger partial charge < -0.3 is 5.32 Å². The standard InChI is InChI=1S/C28H24F8N2O3S/c1-24(38-23(39)18-3-2-16-37-17-18)12-14-25(15-13-24,42(40,41)22-10-8-21(29)9-11-22)19-4-6-20(7-5-19)26(30,27(31,32)33)28(34,35)36/h2-11,16-17H,12-15H2,1H3,(H,38,39). The van der Waals surface area contributed by atoms with E-state index in [1.165, 1.54) is 18.5 Å². The van der Waals surface area contributed by atoms with Gasteiger partial charge in [-0.15, -0.1) is 0 Å². The minimum Gasteiger partial charge on any atom is -0.347 e. The van der Waals surface area contributed by atoms with E-state index in [2.05, 4.69) is 10.3 Å². The van der Waals surface area contributed by atoms with Gasteiger partial charge in [0, 0.05) is 23.5 Å². The molecular formula is C28H24F8N2O3S. The fourth-order valence-corrected chi connectivity index (χ4v) is 7.35. The summed E-state index contributed by atoms with van der Waals surface area (Å²) in [6.45, 7) is 1.67. The van der Waals surface area contributed by atoms with Gasteiger partial charge in [0.05, 0.1) is 10.5 Å². The number of hydrogen-bond acceptors (Lipinski definition) is 4. The first-order chi connectivity index (χ1) is 19.4. The van der Waals surface area contributed by atoms with Gasteiger partial charge in [-0.05, 0) is 74.6 Å². The van der Waals surface area contributed by atoms with Gasteiger partial charge >= 0.3 is 18.0 Å². The van der Waals surface area contributed by atoms with Crippen molar-refractivity contribution >= 4 is 15.7 Å². The maximum absolute atomic E-state index is 14.7. The third kappa shape index (κ3) is 5.36. The number of alkyl halides is 7. The van der Waals surface area contributed by atoms with Gasteiger partial charge in [0.2, 0.25) is 0 Å². The van der Waals surface area contributed by atoms with E-state index >= 15 is 0 Å². The van der Waals surface area contributed by atoms with Crippen LogP contribution in [0, 0.1) is 5.82 Å². The van der Waals surface area contributed by atoms with E-state index in [0.717, 1.165) is 36.4 Å². The van der Waals surface area contributed by atoms with Gasteiger partial charge in [0.1, 0.15) is 10.6 Å². The SMILES string of the molecule is CC1(NC(=O)c2cccnc2)CCC(c2ccc(C(F)(C(F)(F)F)C(F)(F)F)cc2)(S(=O)(=O)c2ccc(F)cc2)CC1.